The van der Waals surface area contributed by atoms with Gasteiger partial charge in [-0.3, -0.25) is 15.0 Å². The second-order valence-electron chi connectivity index (χ2n) is 9.31. The Morgan fingerprint density at radius 3 is 2.50 bits per heavy atom. The van der Waals surface area contributed by atoms with E-state index >= 15 is 0 Å². The number of likely N-dealkylation sites (tertiary alicyclic amines) is 1. The molecule has 1 aromatic carbocycles. The Kier molecular flexibility index (Phi) is 7.81. The summed E-state index contributed by atoms with van der Waals surface area (Å²) >= 11 is 0. The summed E-state index contributed by atoms with van der Waals surface area (Å²) in [6.45, 7) is 7.48. The summed E-state index contributed by atoms with van der Waals surface area (Å²) in [6.07, 6.45) is 12.4. The lowest BCUT2D eigenvalue weighted by Crippen LogP contribution is -2.49. The summed E-state index contributed by atoms with van der Waals surface area (Å²) in [5.41, 5.74) is 2.40. The van der Waals surface area contributed by atoms with Crippen LogP contribution in [0.3, 0.4) is 0 Å². The summed E-state index contributed by atoms with van der Waals surface area (Å²) < 4.78 is 14.2. The molecule has 0 saturated carbocycles. The number of piperidine rings is 1. The average molecular weight is 444 g/mol. The first-order valence-electron chi connectivity index (χ1n) is 12.4. The van der Waals surface area contributed by atoms with Crippen LogP contribution in [0.4, 0.5) is 5.69 Å². The van der Waals surface area contributed by atoms with Crippen molar-refractivity contribution in [2.24, 2.45) is 0 Å². The predicted octanol–water partition coefficient (Wildman–Crippen LogP) is 5.64. The minimum absolute atomic E-state index is 0.165. The highest BCUT2D eigenvalue weighted by Crippen LogP contribution is 2.33. The zero-order valence-electron chi connectivity index (χ0n) is 19.4. The molecule has 2 aliphatic heterocycles. The number of benzene rings is 1. The van der Waals surface area contributed by atoms with Crippen molar-refractivity contribution in [1.82, 2.24) is 9.47 Å². The van der Waals surface area contributed by atoms with Gasteiger partial charge in [-0.25, -0.2) is 0 Å². The molecule has 0 N–H and O–H groups in total. The maximum atomic E-state index is 11.4. The van der Waals surface area contributed by atoms with Crippen molar-refractivity contribution in [3.05, 3.63) is 40.1 Å². The normalized spacial score (nSPS) is 19.0. The molecule has 0 amide bonds. The van der Waals surface area contributed by atoms with Crippen molar-refractivity contribution in [3.63, 3.8) is 0 Å². The molecule has 3 heterocycles. The van der Waals surface area contributed by atoms with E-state index in [2.05, 4.69) is 22.6 Å². The second-order valence-corrected chi connectivity index (χ2v) is 9.31. The van der Waals surface area contributed by atoms with E-state index in [0.717, 1.165) is 76.0 Å². The number of hydrogen-bond donors (Lipinski definition) is 0. The van der Waals surface area contributed by atoms with Gasteiger partial charge in [0.15, 0.2) is 5.79 Å². The number of rotatable bonds is 10. The predicted molar refractivity (Wildman–Crippen MR) is 126 cm³/mol. The van der Waals surface area contributed by atoms with Crippen LogP contribution in [0, 0.1) is 10.1 Å². The molecule has 7 heteroatoms. The number of aryl methyl sites for hydroxylation is 1. The van der Waals surface area contributed by atoms with Crippen LogP contribution in [0.2, 0.25) is 0 Å². The second kappa shape index (κ2) is 10.8. The molecule has 0 aliphatic carbocycles. The molecular formula is C25H37N3O4. The van der Waals surface area contributed by atoms with Gasteiger partial charge in [0.2, 0.25) is 0 Å². The molecule has 0 unspecified atom stereocenters. The third-order valence-corrected chi connectivity index (χ3v) is 6.94. The number of fused-ring (bicyclic) bond motifs is 1. The summed E-state index contributed by atoms with van der Waals surface area (Å²) in [7, 11) is 0. The SMILES string of the molecule is CCCCCCCCn1cc(CN2CCC3(CC2)OCCCO3)c2ccc([N+](=O)[O-])cc21. The number of nitro benzene ring substituents is 1. The van der Waals surface area contributed by atoms with Crippen molar-refractivity contribution in [1.29, 1.82) is 0 Å². The van der Waals surface area contributed by atoms with Crippen molar-refractivity contribution >= 4 is 16.6 Å². The largest absolute Gasteiger partial charge is 0.350 e. The van der Waals surface area contributed by atoms with Gasteiger partial charge in [-0.15, -0.1) is 0 Å². The molecule has 0 radical (unpaired) electrons. The quantitative estimate of drug-likeness (QED) is 0.270. The van der Waals surface area contributed by atoms with Crippen LogP contribution in [-0.2, 0) is 22.6 Å². The Morgan fingerprint density at radius 1 is 1.06 bits per heavy atom. The van der Waals surface area contributed by atoms with Crippen LogP contribution in [0.5, 0.6) is 0 Å². The fraction of sp³-hybridized carbons (Fsp3) is 0.680. The highest BCUT2D eigenvalue weighted by atomic mass is 16.7. The zero-order chi connectivity index (χ0) is 22.4. The van der Waals surface area contributed by atoms with Gasteiger partial charge in [0.1, 0.15) is 0 Å². The lowest BCUT2D eigenvalue weighted by Gasteiger charge is -2.43. The third-order valence-electron chi connectivity index (χ3n) is 6.94. The van der Waals surface area contributed by atoms with Gasteiger partial charge >= 0.3 is 0 Å². The van der Waals surface area contributed by atoms with Crippen LogP contribution < -0.4 is 0 Å². The minimum atomic E-state index is -0.374. The molecule has 1 aromatic heterocycles. The fourth-order valence-corrected chi connectivity index (χ4v) is 5.04. The maximum absolute atomic E-state index is 11.4. The highest BCUT2D eigenvalue weighted by molar-refractivity contribution is 5.86. The van der Waals surface area contributed by atoms with Gasteiger partial charge in [-0.05, 0) is 24.5 Å². The molecule has 0 atom stereocenters. The molecule has 176 valence electrons. The van der Waals surface area contributed by atoms with Crippen LogP contribution in [0.25, 0.3) is 10.9 Å². The number of hydrogen-bond acceptors (Lipinski definition) is 5. The van der Waals surface area contributed by atoms with E-state index in [4.69, 9.17) is 9.47 Å². The monoisotopic (exact) mass is 443 g/mol. The zero-order valence-corrected chi connectivity index (χ0v) is 19.4. The molecule has 32 heavy (non-hydrogen) atoms. The van der Waals surface area contributed by atoms with Gasteiger partial charge in [-0.2, -0.15) is 0 Å². The van der Waals surface area contributed by atoms with Crippen LogP contribution in [-0.4, -0.2) is 46.5 Å². The van der Waals surface area contributed by atoms with Crippen molar-refractivity contribution < 1.29 is 14.4 Å². The smallest absolute Gasteiger partial charge is 0.271 e. The van der Waals surface area contributed by atoms with Gasteiger partial charge in [0.25, 0.3) is 5.69 Å². The first kappa shape index (κ1) is 23.2. The van der Waals surface area contributed by atoms with Crippen molar-refractivity contribution in [3.8, 4) is 0 Å². The molecule has 0 bridgehead atoms. The number of ether oxygens (including phenoxy) is 2. The Morgan fingerprint density at radius 2 is 1.78 bits per heavy atom. The first-order chi connectivity index (χ1) is 15.6. The topological polar surface area (TPSA) is 69.8 Å². The van der Waals surface area contributed by atoms with E-state index in [-0.39, 0.29) is 16.4 Å². The molecule has 2 saturated heterocycles. The molecule has 7 nitrogen and oxygen atoms in total. The summed E-state index contributed by atoms with van der Waals surface area (Å²) in [5.74, 6) is -0.374. The first-order valence-corrected chi connectivity index (χ1v) is 12.4. The van der Waals surface area contributed by atoms with E-state index in [1.165, 1.54) is 37.7 Å². The van der Waals surface area contributed by atoms with Gasteiger partial charge in [-0.1, -0.05) is 39.0 Å². The van der Waals surface area contributed by atoms with E-state index in [1.54, 1.807) is 12.1 Å². The van der Waals surface area contributed by atoms with E-state index in [9.17, 15) is 10.1 Å². The summed E-state index contributed by atoms with van der Waals surface area (Å²) in [5, 5.41) is 12.5. The Hall–Kier alpha value is -1.96. The Labute approximate surface area is 190 Å². The maximum Gasteiger partial charge on any atom is 0.271 e. The molecule has 4 rings (SSSR count). The lowest BCUT2D eigenvalue weighted by atomic mass is 10.0. The number of non-ortho nitro benzene ring substituents is 1. The third kappa shape index (κ3) is 5.50. The standard InChI is InChI=1S/C25H37N3O4/c1-2-3-4-5-6-7-13-27-20-21(23-10-9-22(28(29)30)18-24(23)27)19-26-14-11-25(12-15-26)31-16-8-17-32-25/h9-10,18,20H,2-8,11-17,19H2,1H3. The number of nitrogens with zero attached hydrogens (tertiary/aromatic N) is 3. The van der Waals surface area contributed by atoms with Gasteiger partial charge in [0, 0.05) is 62.7 Å². The highest BCUT2D eigenvalue weighted by Gasteiger charge is 2.38. The number of nitro groups is 1. The van der Waals surface area contributed by atoms with Gasteiger partial charge in [0.05, 0.1) is 23.7 Å². The number of aromatic nitrogens is 1. The molecule has 2 fully saturated rings. The number of unbranched alkanes of at least 4 members (excludes halogenated alkanes) is 5. The minimum Gasteiger partial charge on any atom is -0.350 e. The Balaban J connectivity index is 1.44. The molecule has 1 spiro atoms. The van der Waals surface area contributed by atoms with Crippen LogP contribution >= 0.6 is 0 Å². The van der Waals surface area contributed by atoms with E-state index < -0.39 is 0 Å². The van der Waals surface area contributed by atoms with E-state index in [1.807, 2.05) is 6.07 Å². The summed E-state index contributed by atoms with van der Waals surface area (Å²) in [6, 6.07) is 5.31. The van der Waals surface area contributed by atoms with Crippen LogP contribution in [0.1, 0.15) is 70.3 Å². The van der Waals surface area contributed by atoms with Crippen molar-refractivity contribution in [2.45, 2.75) is 83.6 Å². The van der Waals surface area contributed by atoms with Crippen molar-refractivity contribution in [2.75, 3.05) is 26.3 Å². The summed E-state index contributed by atoms with van der Waals surface area (Å²) in [4.78, 5) is 13.5. The van der Waals surface area contributed by atoms with Gasteiger partial charge < -0.3 is 14.0 Å². The fourth-order valence-electron chi connectivity index (χ4n) is 5.04. The molecule has 2 aliphatic rings. The average Bonchev–Trinajstić information content (AvgIpc) is 3.15. The molecule has 2 aromatic rings. The molecular weight excluding hydrogens is 406 g/mol. The van der Waals surface area contributed by atoms with E-state index in [0.29, 0.717) is 0 Å². The van der Waals surface area contributed by atoms with Crippen LogP contribution in [0.15, 0.2) is 24.4 Å². The lowest BCUT2D eigenvalue weighted by molar-refractivity contribution is -0.384. The Bertz CT molecular complexity index is 894.